The summed E-state index contributed by atoms with van der Waals surface area (Å²) in [6.45, 7) is 3.71. The van der Waals surface area contributed by atoms with Gasteiger partial charge in [0.05, 0.1) is 11.6 Å². The number of hydrogen-bond donors (Lipinski definition) is 1. The van der Waals surface area contributed by atoms with E-state index in [4.69, 9.17) is 5.26 Å². The third-order valence-corrected chi connectivity index (χ3v) is 5.61. The van der Waals surface area contributed by atoms with Crippen LogP contribution in [-0.4, -0.2) is 61.0 Å². The molecule has 0 bridgehead atoms. The van der Waals surface area contributed by atoms with Gasteiger partial charge in [0.2, 0.25) is 0 Å². The highest BCUT2D eigenvalue weighted by Gasteiger charge is 2.23. The zero-order chi connectivity index (χ0) is 23.2. The molecule has 1 aliphatic heterocycles. The molecule has 168 valence electrons. The second kappa shape index (κ2) is 10.2. The number of benzene rings is 2. The first-order valence-electron chi connectivity index (χ1n) is 11.0. The van der Waals surface area contributed by atoms with Gasteiger partial charge >= 0.3 is 0 Å². The van der Waals surface area contributed by atoms with Gasteiger partial charge in [0, 0.05) is 55.9 Å². The van der Waals surface area contributed by atoms with E-state index in [-0.39, 0.29) is 5.91 Å². The third-order valence-electron chi connectivity index (χ3n) is 5.61. The Morgan fingerprint density at radius 2 is 1.79 bits per heavy atom. The summed E-state index contributed by atoms with van der Waals surface area (Å²) in [5.41, 5.74) is 4.17. The van der Waals surface area contributed by atoms with Crippen molar-refractivity contribution in [2.24, 2.45) is 0 Å². The minimum absolute atomic E-state index is 0.0346. The first-order valence-corrected chi connectivity index (χ1v) is 11.0. The molecule has 0 atom stereocenters. The molecule has 0 aliphatic carbocycles. The van der Waals surface area contributed by atoms with Crippen molar-refractivity contribution in [1.29, 1.82) is 5.26 Å². The van der Waals surface area contributed by atoms with Crippen molar-refractivity contribution in [3.63, 3.8) is 0 Å². The fourth-order valence-corrected chi connectivity index (χ4v) is 3.91. The van der Waals surface area contributed by atoms with Crippen molar-refractivity contribution >= 4 is 23.1 Å². The molecule has 1 N–H and O–H groups in total. The van der Waals surface area contributed by atoms with E-state index in [1.54, 1.807) is 12.1 Å². The zero-order valence-electron chi connectivity index (χ0n) is 19.0. The maximum Gasteiger partial charge on any atom is 0.254 e. The van der Waals surface area contributed by atoms with Crippen LogP contribution in [0.15, 0.2) is 66.9 Å². The minimum Gasteiger partial charge on any atom is -0.356 e. The molecule has 1 fully saturated rings. The van der Waals surface area contributed by atoms with Gasteiger partial charge in [0.1, 0.15) is 5.82 Å². The summed E-state index contributed by atoms with van der Waals surface area (Å²) in [7, 11) is 4.09. The van der Waals surface area contributed by atoms with Crippen LogP contribution in [0.2, 0.25) is 0 Å². The average Bonchev–Trinajstić information content (AvgIpc) is 2.84. The Kier molecular flexibility index (Phi) is 6.86. The van der Waals surface area contributed by atoms with Crippen LogP contribution in [0.5, 0.6) is 0 Å². The molecule has 33 heavy (non-hydrogen) atoms. The standard InChI is InChI=1S/C26H28N6O/c1-30(2)19-21-8-11-25(28-18-21)31-12-14-32(15-13-31)26(33)22-4-3-5-24(16-22)29-23-9-6-20(17-27)7-10-23/h3-11,16,18,29H,12-15,19H2,1-2H3. The highest BCUT2D eigenvalue weighted by atomic mass is 16.2. The summed E-state index contributed by atoms with van der Waals surface area (Å²) in [6, 6.07) is 21.1. The predicted octanol–water partition coefficient (Wildman–Crippen LogP) is 3.72. The van der Waals surface area contributed by atoms with Gasteiger partial charge in [-0.25, -0.2) is 4.98 Å². The van der Waals surface area contributed by atoms with Crippen LogP contribution in [0.4, 0.5) is 17.2 Å². The van der Waals surface area contributed by atoms with Gasteiger partial charge in [-0.15, -0.1) is 0 Å². The van der Waals surface area contributed by atoms with Crippen LogP contribution in [0, 0.1) is 11.3 Å². The number of pyridine rings is 1. The number of rotatable bonds is 6. The molecule has 7 nitrogen and oxygen atoms in total. The molecule has 0 saturated carbocycles. The second-order valence-electron chi connectivity index (χ2n) is 8.44. The Hall–Kier alpha value is -3.89. The summed E-state index contributed by atoms with van der Waals surface area (Å²) < 4.78 is 0. The van der Waals surface area contributed by atoms with E-state index in [1.165, 1.54) is 5.56 Å². The number of nitriles is 1. The van der Waals surface area contributed by atoms with Crippen molar-refractivity contribution in [1.82, 2.24) is 14.8 Å². The Morgan fingerprint density at radius 1 is 1.03 bits per heavy atom. The molecule has 1 saturated heterocycles. The largest absolute Gasteiger partial charge is 0.356 e. The second-order valence-corrected chi connectivity index (χ2v) is 8.44. The van der Waals surface area contributed by atoms with E-state index < -0.39 is 0 Å². The number of carbonyl (C=O) groups is 1. The Morgan fingerprint density at radius 3 is 2.42 bits per heavy atom. The van der Waals surface area contributed by atoms with E-state index in [1.807, 2.05) is 61.6 Å². The summed E-state index contributed by atoms with van der Waals surface area (Å²) in [6.07, 6.45) is 1.93. The quantitative estimate of drug-likeness (QED) is 0.630. The lowest BCUT2D eigenvalue weighted by Crippen LogP contribution is -2.49. The third kappa shape index (κ3) is 5.68. The number of piperazine rings is 1. The lowest BCUT2D eigenvalue weighted by molar-refractivity contribution is 0.0746. The summed E-state index contributed by atoms with van der Waals surface area (Å²) in [5, 5.41) is 12.2. The van der Waals surface area contributed by atoms with Crippen LogP contribution >= 0.6 is 0 Å². The van der Waals surface area contributed by atoms with Crippen molar-refractivity contribution < 1.29 is 4.79 Å². The molecule has 2 heterocycles. The summed E-state index contributed by atoms with van der Waals surface area (Å²) >= 11 is 0. The normalized spacial score (nSPS) is 13.6. The molecule has 0 unspecified atom stereocenters. The number of nitrogens with zero attached hydrogens (tertiary/aromatic N) is 5. The average molecular weight is 441 g/mol. The van der Waals surface area contributed by atoms with Gasteiger partial charge in [-0.05, 0) is 68.2 Å². The van der Waals surface area contributed by atoms with Crippen molar-refractivity contribution in [3.8, 4) is 6.07 Å². The first-order chi connectivity index (χ1) is 16.0. The van der Waals surface area contributed by atoms with E-state index in [0.717, 1.165) is 36.8 Å². The molecule has 0 radical (unpaired) electrons. The number of hydrogen-bond acceptors (Lipinski definition) is 6. The van der Waals surface area contributed by atoms with Gasteiger partial charge in [0.15, 0.2) is 0 Å². The molecular weight excluding hydrogens is 412 g/mol. The van der Waals surface area contributed by atoms with E-state index in [0.29, 0.717) is 24.2 Å². The Labute approximate surface area is 194 Å². The molecular formula is C26H28N6O. The van der Waals surface area contributed by atoms with E-state index in [2.05, 4.69) is 38.3 Å². The van der Waals surface area contributed by atoms with Crippen LogP contribution in [0.25, 0.3) is 0 Å². The molecule has 1 amide bonds. The Bertz CT molecular complexity index is 1130. The predicted molar refractivity (Wildman–Crippen MR) is 131 cm³/mol. The molecule has 7 heteroatoms. The minimum atomic E-state index is 0.0346. The van der Waals surface area contributed by atoms with Gasteiger partial charge in [0.25, 0.3) is 5.91 Å². The maximum atomic E-state index is 13.1. The molecule has 1 aromatic heterocycles. The van der Waals surface area contributed by atoms with Gasteiger partial charge < -0.3 is 20.0 Å². The van der Waals surface area contributed by atoms with Gasteiger partial charge in [-0.1, -0.05) is 12.1 Å². The van der Waals surface area contributed by atoms with Crippen molar-refractivity contribution in [2.45, 2.75) is 6.54 Å². The van der Waals surface area contributed by atoms with Crippen LogP contribution in [0.1, 0.15) is 21.5 Å². The maximum absolute atomic E-state index is 13.1. The molecule has 0 spiro atoms. The monoisotopic (exact) mass is 440 g/mol. The lowest BCUT2D eigenvalue weighted by Gasteiger charge is -2.35. The number of nitrogens with one attached hydrogen (secondary N) is 1. The van der Waals surface area contributed by atoms with Gasteiger partial charge in [-0.2, -0.15) is 5.26 Å². The molecule has 2 aromatic carbocycles. The zero-order valence-corrected chi connectivity index (χ0v) is 19.0. The first kappa shape index (κ1) is 22.3. The Balaban J connectivity index is 1.35. The van der Waals surface area contributed by atoms with Gasteiger partial charge in [-0.3, -0.25) is 4.79 Å². The fourth-order valence-electron chi connectivity index (χ4n) is 3.91. The van der Waals surface area contributed by atoms with Crippen LogP contribution in [-0.2, 0) is 6.54 Å². The molecule has 4 rings (SSSR count). The van der Waals surface area contributed by atoms with E-state index >= 15 is 0 Å². The fraction of sp³-hybridized carbons (Fsp3) is 0.269. The van der Waals surface area contributed by atoms with Crippen molar-refractivity contribution in [2.75, 3.05) is 50.5 Å². The lowest BCUT2D eigenvalue weighted by atomic mass is 10.1. The number of carbonyl (C=O) groups excluding carboxylic acids is 1. The highest BCUT2D eigenvalue weighted by Crippen LogP contribution is 2.20. The van der Waals surface area contributed by atoms with Crippen molar-refractivity contribution in [3.05, 3.63) is 83.6 Å². The molecule has 3 aromatic rings. The highest BCUT2D eigenvalue weighted by molar-refractivity contribution is 5.95. The van der Waals surface area contributed by atoms with Crippen LogP contribution < -0.4 is 10.2 Å². The number of aromatic nitrogens is 1. The topological polar surface area (TPSA) is 75.5 Å². The number of anilines is 3. The summed E-state index contributed by atoms with van der Waals surface area (Å²) in [5.74, 6) is 0.991. The molecule has 1 aliphatic rings. The SMILES string of the molecule is CN(C)Cc1ccc(N2CCN(C(=O)c3cccc(Nc4ccc(C#N)cc4)c3)CC2)nc1. The van der Waals surface area contributed by atoms with Crippen LogP contribution in [0.3, 0.4) is 0 Å². The smallest absolute Gasteiger partial charge is 0.254 e. The van der Waals surface area contributed by atoms with E-state index in [9.17, 15) is 4.79 Å². The number of amides is 1. The summed E-state index contributed by atoms with van der Waals surface area (Å²) in [4.78, 5) is 24.0.